The van der Waals surface area contributed by atoms with Gasteiger partial charge in [-0.1, -0.05) is 22.5 Å². The minimum Gasteiger partial charge on any atom is -0.444 e. The average molecular weight is 329 g/mol. The van der Waals surface area contributed by atoms with E-state index in [2.05, 4.69) is 25.9 Å². The number of nitrogens with zero attached hydrogens (tertiary/aromatic N) is 4. The predicted octanol–water partition coefficient (Wildman–Crippen LogP) is 3.10. The maximum Gasteiger partial charge on any atom is 0.410 e. The molecule has 0 aliphatic heterocycles. The van der Waals surface area contributed by atoms with Crippen molar-refractivity contribution in [1.29, 1.82) is 0 Å². The van der Waals surface area contributed by atoms with Gasteiger partial charge in [0.05, 0.1) is 18.1 Å². The van der Waals surface area contributed by atoms with E-state index in [4.69, 9.17) is 11.3 Å². The van der Waals surface area contributed by atoms with Crippen LogP contribution in [0.4, 0.5) is 10.6 Å². The topological polar surface area (TPSA) is 51.7 Å². The number of aromatic nitrogens is 2. The molecule has 0 aliphatic rings. The summed E-state index contributed by atoms with van der Waals surface area (Å²) in [5.74, 6) is 0.410. The van der Waals surface area contributed by atoms with Gasteiger partial charge in [-0.2, -0.15) is 4.68 Å². The molecule has 7 heteroatoms. The van der Waals surface area contributed by atoms with E-state index in [1.54, 1.807) is 14.1 Å². The summed E-state index contributed by atoms with van der Waals surface area (Å²) in [4.78, 5) is 16.6. The number of carbonyl (C=O) groups is 1. The molecular formula is C12H17BrN4O2. The highest BCUT2D eigenvalue weighted by Crippen LogP contribution is 2.29. The van der Waals surface area contributed by atoms with Crippen molar-refractivity contribution in [2.75, 3.05) is 7.05 Å². The number of hydrogen-bond donors (Lipinski definition) is 0. The van der Waals surface area contributed by atoms with Gasteiger partial charge in [0, 0.05) is 7.05 Å². The minimum absolute atomic E-state index is 0.277. The Labute approximate surface area is 121 Å². The van der Waals surface area contributed by atoms with E-state index in [1.807, 2.05) is 20.8 Å². The zero-order chi connectivity index (χ0) is 14.8. The quantitative estimate of drug-likeness (QED) is 0.784. The average Bonchev–Trinajstić information content (AvgIpc) is 2.51. The van der Waals surface area contributed by atoms with Crippen LogP contribution >= 0.6 is 15.9 Å². The lowest BCUT2D eigenvalue weighted by atomic mass is 10.2. The maximum absolute atomic E-state index is 11.8. The maximum atomic E-state index is 11.8. The predicted molar refractivity (Wildman–Crippen MR) is 74.9 cm³/mol. The molecule has 0 fully saturated rings. The molecule has 0 bridgehead atoms. The Morgan fingerprint density at radius 1 is 1.58 bits per heavy atom. The number of aryl methyl sites for hydroxylation is 1. The molecular weight excluding hydrogens is 312 g/mol. The van der Waals surface area contributed by atoms with Gasteiger partial charge in [-0.15, -0.1) is 5.10 Å². The van der Waals surface area contributed by atoms with Gasteiger partial charge in [0.25, 0.3) is 5.82 Å². The van der Waals surface area contributed by atoms with E-state index in [9.17, 15) is 4.79 Å². The molecule has 1 amide bonds. The van der Waals surface area contributed by atoms with Crippen molar-refractivity contribution in [2.45, 2.75) is 32.9 Å². The number of carbonyl (C=O) groups excluding carboxylic acids is 1. The number of halogens is 1. The van der Waals surface area contributed by atoms with Crippen molar-refractivity contribution >= 4 is 27.8 Å². The van der Waals surface area contributed by atoms with Gasteiger partial charge in [0.1, 0.15) is 11.3 Å². The number of rotatable bonds is 2. The van der Waals surface area contributed by atoms with Gasteiger partial charge >= 0.3 is 6.09 Å². The van der Waals surface area contributed by atoms with Crippen LogP contribution in [0.1, 0.15) is 26.5 Å². The van der Waals surface area contributed by atoms with Crippen LogP contribution in [0.5, 0.6) is 0 Å². The van der Waals surface area contributed by atoms with Crippen LogP contribution in [0.3, 0.4) is 0 Å². The molecule has 0 atom stereocenters. The normalized spacial score (nSPS) is 11.0. The minimum atomic E-state index is -0.533. The van der Waals surface area contributed by atoms with E-state index >= 15 is 0 Å². The zero-order valence-electron chi connectivity index (χ0n) is 11.7. The molecule has 0 N–H and O–H groups in total. The summed E-state index contributed by atoms with van der Waals surface area (Å²) in [6.07, 6.45) is -0.422. The lowest BCUT2D eigenvalue weighted by Crippen LogP contribution is -2.34. The van der Waals surface area contributed by atoms with Crippen molar-refractivity contribution < 1.29 is 9.53 Å². The van der Waals surface area contributed by atoms with Gasteiger partial charge in [0.15, 0.2) is 0 Å². The van der Waals surface area contributed by atoms with E-state index in [-0.39, 0.29) is 6.54 Å². The highest BCUT2D eigenvalue weighted by molar-refractivity contribution is 9.10. The van der Waals surface area contributed by atoms with E-state index < -0.39 is 11.7 Å². The molecule has 19 heavy (non-hydrogen) atoms. The Bertz CT molecular complexity index is 525. The first-order valence-corrected chi connectivity index (χ1v) is 6.48. The molecule has 0 aromatic carbocycles. The largest absolute Gasteiger partial charge is 0.444 e. The molecule has 0 saturated carbocycles. The third kappa shape index (κ3) is 3.96. The van der Waals surface area contributed by atoms with Gasteiger partial charge < -0.3 is 14.5 Å². The SMILES string of the molecule is [C-]#[N+]c1c(Br)c(CN(C)C(=O)OC(C)(C)C)nn1C. The molecule has 0 radical (unpaired) electrons. The molecule has 1 heterocycles. The fourth-order valence-electron chi connectivity index (χ4n) is 1.39. The summed E-state index contributed by atoms with van der Waals surface area (Å²) < 4.78 is 7.34. The Morgan fingerprint density at radius 3 is 2.58 bits per heavy atom. The zero-order valence-corrected chi connectivity index (χ0v) is 13.3. The highest BCUT2D eigenvalue weighted by Gasteiger charge is 2.22. The van der Waals surface area contributed by atoms with Crippen molar-refractivity contribution in [3.8, 4) is 0 Å². The van der Waals surface area contributed by atoms with E-state index in [0.717, 1.165) is 0 Å². The number of hydrogen-bond acceptors (Lipinski definition) is 3. The van der Waals surface area contributed by atoms with Crippen LogP contribution in [0.25, 0.3) is 4.85 Å². The Kier molecular flexibility index (Phi) is 4.58. The summed E-state index contributed by atoms with van der Waals surface area (Å²) in [6.45, 7) is 12.8. The molecule has 104 valence electrons. The Hall–Kier alpha value is -1.55. The van der Waals surface area contributed by atoms with Crippen LogP contribution in [-0.2, 0) is 18.3 Å². The first-order valence-electron chi connectivity index (χ1n) is 5.68. The highest BCUT2D eigenvalue weighted by atomic mass is 79.9. The summed E-state index contributed by atoms with van der Waals surface area (Å²) in [6, 6.07) is 0. The van der Waals surface area contributed by atoms with Crippen LogP contribution in [0.2, 0.25) is 0 Å². The second-order valence-electron chi connectivity index (χ2n) is 5.16. The van der Waals surface area contributed by atoms with Gasteiger partial charge in [-0.3, -0.25) is 0 Å². The number of amides is 1. The monoisotopic (exact) mass is 328 g/mol. The van der Waals surface area contributed by atoms with Crippen LogP contribution < -0.4 is 0 Å². The Morgan fingerprint density at radius 2 is 2.16 bits per heavy atom. The van der Waals surface area contributed by atoms with Crippen LogP contribution in [0, 0.1) is 6.57 Å². The fourth-order valence-corrected chi connectivity index (χ4v) is 1.94. The van der Waals surface area contributed by atoms with Crippen LogP contribution in [0.15, 0.2) is 4.47 Å². The Balaban J connectivity index is 2.81. The van der Waals surface area contributed by atoms with Crippen LogP contribution in [-0.4, -0.2) is 33.4 Å². The molecule has 6 nitrogen and oxygen atoms in total. The van der Waals surface area contributed by atoms with Crippen molar-refractivity contribution in [3.63, 3.8) is 0 Å². The third-order valence-corrected chi connectivity index (χ3v) is 3.04. The molecule has 1 aromatic rings. The molecule has 0 spiro atoms. The van der Waals surface area contributed by atoms with Gasteiger partial charge in [0.2, 0.25) is 0 Å². The molecule has 0 aliphatic carbocycles. The molecule has 0 saturated heterocycles. The summed E-state index contributed by atoms with van der Waals surface area (Å²) >= 11 is 3.33. The lowest BCUT2D eigenvalue weighted by Gasteiger charge is -2.24. The molecule has 0 unspecified atom stereocenters. The lowest BCUT2D eigenvalue weighted by molar-refractivity contribution is 0.0282. The van der Waals surface area contributed by atoms with Crippen molar-refractivity contribution in [1.82, 2.24) is 14.7 Å². The standard InChI is InChI=1S/C12H17BrN4O2/c1-12(2,3)19-11(18)16(5)7-8-9(13)10(14-4)17(6)15-8/h7H2,1-3,5-6H3. The number of ether oxygens (including phenoxy) is 1. The first kappa shape index (κ1) is 15.5. The van der Waals surface area contributed by atoms with E-state index in [1.165, 1.54) is 9.58 Å². The second-order valence-corrected chi connectivity index (χ2v) is 5.95. The van der Waals surface area contributed by atoms with Crippen molar-refractivity contribution in [3.05, 3.63) is 21.6 Å². The summed E-state index contributed by atoms with van der Waals surface area (Å²) in [5, 5.41) is 4.21. The summed E-state index contributed by atoms with van der Waals surface area (Å²) in [7, 11) is 3.32. The van der Waals surface area contributed by atoms with E-state index in [0.29, 0.717) is 16.0 Å². The van der Waals surface area contributed by atoms with Gasteiger partial charge in [-0.25, -0.2) is 4.79 Å². The second kappa shape index (κ2) is 5.61. The summed E-state index contributed by atoms with van der Waals surface area (Å²) in [5.41, 5.74) is 0.0934. The smallest absolute Gasteiger partial charge is 0.410 e. The molecule has 1 aromatic heterocycles. The third-order valence-electron chi connectivity index (χ3n) is 2.22. The first-order chi connectivity index (χ1) is 8.65. The fraction of sp³-hybridized carbons (Fsp3) is 0.583. The molecule has 1 rings (SSSR count). The van der Waals surface area contributed by atoms with Gasteiger partial charge in [-0.05, 0) is 20.8 Å². The van der Waals surface area contributed by atoms with Crippen molar-refractivity contribution in [2.24, 2.45) is 7.05 Å².